The number of aromatic hydroxyl groups is 1. The molecule has 0 heterocycles. The molecule has 108 valence electrons. The van der Waals surface area contributed by atoms with Crippen molar-refractivity contribution in [2.45, 2.75) is 23.7 Å². The van der Waals surface area contributed by atoms with Crippen LogP contribution in [0.5, 0.6) is 5.75 Å². The van der Waals surface area contributed by atoms with Gasteiger partial charge in [-0.15, -0.1) is 0 Å². The van der Waals surface area contributed by atoms with E-state index in [-0.39, 0.29) is 24.2 Å². The number of carbonyl (C=O) groups is 1. The Morgan fingerprint density at radius 1 is 1.50 bits per heavy atom. The third-order valence-corrected chi connectivity index (χ3v) is 3.04. The number of nitriles is 1. The Morgan fingerprint density at radius 3 is 2.65 bits per heavy atom. The highest BCUT2D eigenvalue weighted by atomic mass is 32.2. The number of phenols is 1. The highest BCUT2D eigenvalue weighted by Gasteiger charge is 2.33. The fraction of sp³-hybridized carbons (Fsp3) is 0.333. The summed E-state index contributed by atoms with van der Waals surface area (Å²) in [6.07, 6.45) is -0.364. The lowest BCUT2D eigenvalue weighted by atomic mass is 10.1. The second kappa shape index (κ2) is 6.52. The van der Waals surface area contributed by atoms with Crippen molar-refractivity contribution >= 4 is 17.7 Å². The molecule has 1 N–H and O–H groups in total. The number of esters is 1. The van der Waals surface area contributed by atoms with Crippen LogP contribution in [-0.2, 0) is 16.0 Å². The van der Waals surface area contributed by atoms with Crippen molar-refractivity contribution in [2.24, 2.45) is 0 Å². The molecule has 0 unspecified atom stereocenters. The molecule has 0 fully saturated rings. The Hall–Kier alpha value is -1.88. The van der Waals surface area contributed by atoms with E-state index in [0.717, 1.165) is 6.07 Å². The van der Waals surface area contributed by atoms with Gasteiger partial charge in [0.2, 0.25) is 0 Å². The predicted octanol–water partition coefficient (Wildman–Crippen LogP) is 2.98. The van der Waals surface area contributed by atoms with Crippen LogP contribution in [0.4, 0.5) is 13.2 Å². The van der Waals surface area contributed by atoms with Crippen LogP contribution in [0.3, 0.4) is 0 Å². The second-order valence-electron chi connectivity index (χ2n) is 3.59. The largest absolute Gasteiger partial charge is 0.506 e. The molecule has 0 spiro atoms. The smallest absolute Gasteiger partial charge is 0.446 e. The predicted molar refractivity (Wildman–Crippen MR) is 65.1 cm³/mol. The van der Waals surface area contributed by atoms with Gasteiger partial charge in [0.05, 0.1) is 23.5 Å². The van der Waals surface area contributed by atoms with Crippen LogP contribution in [0.2, 0.25) is 0 Å². The van der Waals surface area contributed by atoms with Gasteiger partial charge in [0.15, 0.2) is 0 Å². The van der Waals surface area contributed by atoms with E-state index >= 15 is 0 Å². The SMILES string of the molecule is CCOC(=O)Cc1ccc(C#N)c(SC(F)(F)F)c1O. The number of thioether (sulfide) groups is 1. The summed E-state index contributed by atoms with van der Waals surface area (Å²) < 4.78 is 41.9. The van der Waals surface area contributed by atoms with E-state index in [0.29, 0.717) is 0 Å². The lowest BCUT2D eigenvalue weighted by molar-refractivity contribution is -0.142. The Balaban J connectivity index is 3.15. The monoisotopic (exact) mass is 305 g/mol. The number of alkyl halides is 3. The molecular formula is C12H10F3NO3S. The van der Waals surface area contributed by atoms with Crippen LogP contribution < -0.4 is 0 Å². The number of ether oxygens (including phenoxy) is 1. The quantitative estimate of drug-likeness (QED) is 0.684. The van der Waals surface area contributed by atoms with Crippen LogP contribution >= 0.6 is 11.8 Å². The van der Waals surface area contributed by atoms with Gasteiger partial charge in [-0.25, -0.2) is 0 Å². The normalized spacial score (nSPS) is 10.9. The van der Waals surface area contributed by atoms with Crippen molar-refractivity contribution in [3.63, 3.8) is 0 Å². The van der Waals surface area contributed by atoms with Gasteiger partial charge < -0.3 is 9.84 Å². The molecule has 1 rings (SSSR count). The minimum atomic E-state index is -4.65. The lowest BCUT2D eigenvalue weighted by Gasteiger charge is -2.12. The third kappa shape index (κ3) is 4.35. The van der Waals surface area contributed by atoms with Crippen LogP contribution in [-0.4, -0.2) is 23.2 Å². The summed E-state index contributed by atoms with van der Waals surface area (Å²) in [5, 5.41) is 18.6. The fourth-order valence-corrected chi connectivity index (χ4v) is 2.11. The molecule has 1 aromatic rings. The first-order valence-corrected chi connectivity index (χ1v) is 6.26. The minimum absolute atomic E-state index is 0.0193. The molecule has 1 aromatic carbocycles. The molecule has 0 saturated heterocycles. The number of rotatable bonds is 4. The fourth-order valence-electron chi connectivity index (χ4n) is 1.43. The zero-order valence-electron chi connectivity index (χ0n) is 10.3. The summed E-state index contributed by atoms with van der Waals surface area (Å²) in [4.78, 5) is 10.7. The highest BCUT2D eigenvalue weighted by molar-refractivity contribution is 8.00. The minimum Gasteiger partial charge on any atom is -0.506 e. The molecule has 0 aliphatic rings. The van der Waals surface area contributed by atoms with E-state index < -0.39 is 33.9 Å². The van der Waals surface area contributed by atoms with Crippen molar-refractivity contribution in [1.82, 2.24) is 0 Å². The van der Waals surface area contributed by atoms with Crippen molar-refractivity contribution in [1.29, 1.82) is 5.26 Å². The van der Waals surface area contributed by atoms with Gasteiger partial charge in [-0.2, -0.15) is 18.4 Å². The van der Waals surface area contributed by atoms with E-state index in [1.165, 1.54) is 6.07 Å². The van der Waals surface area contributed by atoms with Crippen molar-refractivity contribution in [2.75, 3.05) is 6.61 Å². The average molecular weight is 305 g/mol. The lowest BCUT2D eigenvalue weighted by Crippen LogP contribution is -2.08. The van der Waals surface area contributed by atoms with Crippen LogP contribution in [0.15, 0.2) is 17.0 Å². The Bertz CT molecular complexity index is 552. The standard InChI is InChI=1S/C12H10F3NO3S/c1-2-19-9(17)5-7-3-4-8(6-16)11(10(7)18)20-12(13,14)15/h3-4,18H,2,5H2,1H3. The summed E-state index contributed by atoms with van der Waals surface area (Å²) in [5.41, 5.74) is -4.97. The number of benzene rings is 1. The topological polar surface area (TPSA) is 70.3 Å². The van der Waals surface area contributed by atoms with Gasteiger partial charge >= 0.3 is 11.5 Å². The second-order valence-corrected chi connectivity index (χ2v) is 4.67. The van der Waals surface area contributed by atoms with E-state index in [1.54, 1.807) is 13.0 Å². The van der Waals surface area contributed by atoms with E-state index in [9.17, 15) is 23.1 Å². The van der Waals surface area contributed by atoms with Crippen LogP contribution in [0.25, 0.3) is 0 Å². The number of nitrogens with zero attached hydrogens (tertiary/aromatic N) is 1. The number of phenolic OH excluding ortho intramolecular Hbond substituents is 1. The summed E-state index contributed by atoms with van der Waals surface area (Å²) in [7, 11) is 0. The zero-order valence-corrected chi connectivity index (χ0v) is 11.1. The first-order valence-electron chi connectivity index (χ1n) is 5.44. The average Bonchev–Trinajstić information content (AvgIpc) is 2.33. The Labute approximate surface area is 117 Å². The number of hydrogen-bond acceptors (Lipinski definition) is 5. The van der Waals surface area contributed by atoms with Gasteiger partial charge in [0.1, 0.15) is 11.8 Å². The molecule has 0 amide bonds. The molecule has 0 aliphatic carbocycles. The van der Waals surface area contributed by atoms with Crippen molar-refractivity contribution in [3.8, 4) is 11.8 Å². The maximum atomic E-state index is 12.4. The highest BCUT2D eigenvalue weighted by Crippen LogP contribution is 2.44. The number of hydrogen-bond donors (Lipinski definition) is 1. The summed E-state index contributed by atoms with van der Waals surface area (Å²) in [6.45, 7) is 1.71. The number of carbonyl (C=O) groups excluding carboxylic acids is 1. The molecule has 0 aliphatic heterocycles. The molecular weight excluding hydrogens is 295 g/mol. The maximum absolute atomic E-state index is 12.4. The van der Waals surface area contributed by atoms with Gasteiger partial charge in [-0.1, -0.05) is 6.07 Å². The zero-order chi connectivity index (χ0) is 15.3. The van der Waals surface area contributed by atoms with Gasteiger partial charge in [0, 0.05) is 5.56 Å². The Morgan fingerprint density at radius 2 is 2.15 bits per heavy atom. The molecule has 4 nitrogen and oxygen atoms in total. The summed E-state index contributed by atoms with van der Waals surface area (Å²) in [6, 6.07) is 3.92. The van der Waals surface area contributed by atoms with Crippen molar-refractivity contribution < 1.29 is 27.8 Å². The maximum Gasteiger partial charge on any atom is 0.446 e. The third-order valence-electron chi connectivity index (χ3n) is 2.19. The summed E-state index contributed by atoms with van der Waals surface area (Å²) in [5.74, 6) is -1.39. The van der Waals surface area contributed by atoms with Gasteiger partial charge in [-0.3, -0.25) is 4.79 Å². The molecule has 0 saturated carbocycles. The summed E-state index contributed by atoms with van der Waals surface area (Å²) >= 11 is -0.591. The molecule has 0 atom stereocenters. The van der Waals surface area contributed by atoms with Crippen LogP contribution in [0, 0.1) is 11.3 Å². The van der Waals surface area contributed by atoms with Crippen molar-refractivity contribution in [3.05, 3.63) is 23.3 Å². The molecule has 0 bridgehead atoms. The van der Waals surface area contributed by atoms with Crippen LogP contribution in [0.1, 0.15) is 18.1 Å². The Kier molecular flexibility index (Phi) is 5.27. The first-order chi connectivity index (χ1) is 9.28. The van der Waals surface area contributed by atoms with Gasteiger partial charge in [-0.05, 0) is 24.8 Å². The van der Waals surface area contributed by atoms with E-state index in [2.05, 4.69) is 4.74 Å². The molecule has 0 radical (unpaired) electrons. The molecule has 0 aromatic heterocycles. The number of halogens is 3. The molecule has 8 heteroatoms. The van der Waals surface area contributed by atoms with Gasteiger partial charge in [0.25, 0.3) is 0 Å². The molecule has 20 heavy (non-hydrogen) atoms. The van der Waals surface area contributed by atoms with E-state index in [1.807, 2.05) is 0 Å². The first kappa shape index (κ1) is 16.2. The van der Waals surface area contributed by atoms with E-state index in [4.69, 9.17) is 5.26 Å².